The van der Waals surface area contributed by atoms with Crippen LogP contribution < -0.4 is 5.32 Å². The van der Waals surface area contributed by atoms with E-state index in [2.05, 4.69) is 43.0 Å². The summed E-state index contributed by atoms with van der Waals surface area (Å²) < 4.78 is 5.78. The van der Waals surface area contributed by atoms with Gasteiger partial charge in [-0.1, -0.05) is 6.92 Å². The fraction of sp³-hybridized carbons (Fsp3) is 0.733. The van der Waals surface area contributed by atoms with Gasteiger partial charge in [0.25, 0.3) is 0 Å². The largest absolute Gasteiger partial charge is 0.368 e. The van der Waals surface area contributed by atoms with Crippen LogP contribution in [-0.2, 0) is 16.9 Å². The first-order valence-corrected chi connectivity index (χ1v) is 7.01. The minimum atomic E-state index is -0.384. The Morgan fingerprint density at radius 1 is 1.11 bits per heavy atom. The van der Waals surface area contributed by atoms with Gasteiger partial charge in [0.1, 0.15) is 5.60 Å². The first-order valence-electron chi connectivity index (χ1n) is 7.01. The highest BCUT2D eigenvalue weighted by molar-refractivity contribution is 5.09. The summed E-state index contributed by atoms with van der Waals surface area (Å²) in [7, 11) is 0. The molecule has 1 aromatic rings. The molecule has 4 nitrogen and oxygen atoms in total. The Morgan fingerprint density at radius 3 is 2.11 bits per heavy atom. The second kappa shape index (κ2) is 6.44. The fourth-order valence-corrected chi connectivity index (χ4v) is 1.73. The lowest BCUT2D eigenvalue weighted by Gasteiger charge is -2.26. The van der Waals surface area contributed by atoms with E-state index in [9.17, 15) is 0 Å². The van der Waals surface area contributed by atoms with Crippen molar-refractivity contribution in [2.24, 2.45) is 0 Å². The van der Waals surface area contributed by atoms with Crippen LogP contribution in [0.1, 0.15) is 59.4 Å². The molecule has 1 N–H and O–H groups in total. The number of rotatable bonds is 6. The summed E-state index contributed by atoms with van der Waals surface area (Å²) >= 11 is 0. The van der Waals surface area contributed by atoms with E-state index in [-0.39, 0.29) is 11.1 Å². The van der Waals surface area contributed by atoms with E-state index in [1.54, 1.807) is 0 Å². The summed E-state index contributed by atoms with van der Waals surface area (Å²) in [5.74, 6) is 0.761. The molecule has 0 aliphatic rings. The van der Waals surface area contributed by atoms with Crippen LogP contribution in [0.25, 0.3) is 0 Å². The van der Waals surface area contributed by atoms with Crippen molar-refractivity contribution in [3.63, 3.8) is 0 Å². The van der Waals surface area contributed by atoms with E-state index in [0.717, 1.165) is 24.4 Å². The first-order chi connectivity index (χ1) is 8.80. The Labute approximate surface area is 117 Å². The molecule has 0 radical (unpaired) electrons. The maximum atomic E-state index is 5.78. The van der Waals surface area contributed by atoms with Crippen molar-refractivity contribution in [3.05, 3.63) is 23.8 Å². The van der Waals surface area contributed by atoms with Crippen LogP contribution in [0.3, 0.4) is 0 Å². The van der Waals surface area contributed by atoms with Gasteiger partial charge in [0.05, 0.1) is 0 Å². The van der Waals surface area contributed by atoms with Crippen LogP contribution in [0.5, 0.6) is 0 Å². The minimum Gasteiger partial charge on any atom is -0.368 e. The lowest BCUT2D eigenvalue weighted by Crippen LogP contribution is -2.35. The Kier molecular flexibility index (Phi) is 5.44. The van der Waals surface area contributed by atoms with Crippen LogP contribution in [0.4, 0.5) is 0 Å². The third-order valence-electron chi connectivity index (χ3n) is 3.14. The molecule has 1 heterocycles. The number of aromatic nitrogens is 2. The summed E-state index contributed by atoms with van der Waals surface area (Å²) in [4.78, 5) is 8.93. The van der Waals surface area contributed by atoms with Crippen molar-refractivity contribution in [1.29, 1.82) is 0 Å². The molecule has 19 heavy (non-hydrogen) atoms. The molecule has 0 saturated heterocycles. The molecule has 4 heteroatoms. The van der Waals surface area contributed by atoms with Crippen LogP contribution in [0.2, 0.25) is 0 Å². The van der Waals surface area contributed by atoms with Crippen LogP contribution in [0.15, 0.2) is 12.4 Å². The molecule has 0 fully saturated rings. The molecule has 1 unspecified atom stereocenters. The Morgan fingerprint density at radius 2 is 1.68 bits per heavy atom. The zero-order valence-corrected chi connectivity index (χ0v) is 13.1. The third kappa shape index (κ3) is 4.88. The summed E-state index contributed by atoms with van der Waals surface area (Å²) in [6.45, 7) is 14.0. The van der Waals surface area contributed by atoms with E-state index in [1.807, 2.05) is 26.2 Å². The number of nitrogens with one attached hydrogen (secondary N) is 1. The van der Waals surface area contributed by atoms with E-state index in [4.69, 9.17) is 4.74 Å². The molecular formula is C15H27N3O. The monoisotopic (exact) mass is 265 g/mol. The maximum Gasteiger partial charge on any atom is 0.159 e. The topological polar surface area (TPSA) is 47.0 Å². The molecule has 0 saturated carbocycles. The molecule has 1 rings (SSSR count). The van der Waals surface area contributed by atoms with Crippen molar-refractivity contribution >= 4 is 0 Å². The first kappa shape index (κ1) is 16.1. The quantitative estimate of drug-likeness (QED) is 0.859. The number of hydrogen-bond acceptors (Lipinski definition) is 4. The molecular weight excluding hydrogens is 238 g/mol. The van der Waals surface area contributed by atoms with E-state index < -0.39 is 0 Å². The van der Waals surface area contributed by atoms with Crippen molar-refractivity contribution in [3.8, 4) is 0 Å². The van der Waals surface area contributed by atoms with E-state index in [0.29, 0.717) is 6.61 Å². The molecule has 0 amide bonds. The van der Waals surface area contributed by atoms with Crippen molar-refractivity contribution in [2.45, 2.75) is 65.6 Å². The van der Waals surface area contributed by atoms with Crippen LogP contribution >= 0.6 is 0 Å². The van der Waals surface area contributed by atoms with Gasteiger partial charge in [-0.2, -0.15) is 0 Å². The predicted molar refractivity (Wildman–Crippen MR) is 77.9 cm³/mol. The van der Waals surface area contributed by atoms with Gasteiger partial charge in [0, 0.05) is 36.6 Å². The molecule has 108 valence electrons. The molecule has 1 atom stereocenters. The second-order valence-electron chi connectivity index (χ2n) is 6.04. The Balaban J connectivity index is 2.75. The van der Waals surface area contributed by atoms with Gasteiger partial charge < -0.3 is 10.1 Å². The zero-order valence-electron chi connectivity index (χ0n) is 13.1. The SMILES string of the molecule is CCOC(C)(CC)c1ncc(CNC(C)(C)C)cn1. The van der Waals surface area contributed by atoms with Gasteiger partial charge in [0.2, 0.25) is 0 Å². The standard InChI is InChI=1S/C15H27N3O/c1-7-15(6,19-8-2)13-16-9-12(10-17-13)11-18-14(3,4)5/h9-10,18H,7-8,11H2,1-6H3. The van der Waals surface area contributed by atoms with Gasteiger partial charge >= 0.3 is 0 Å². The van der Waals surface area contributed by atoms with Crippen LogP contribution in [-0.4, -0.2) is 22.1 Å². The van der Waals surface area contributed by atoms with Crippen molar-refractivity contribution in [2.75, 3.05) is 6.61 Å². The number of hydrogen-bond donors (Lipinski definition) is 1. The predicted octanol–water partition coefficient (Wildman–Crippen LogP) is 3.03. The summed E-state index contributed by atoms with van der Waals surface area (Å²) in [5, 5.41) is 3.42. The molecule has 0 aromatic carbocycles. The number of nitrogens with zero attached hydrogens (tertiary/aromatic N) is 2. The minimum absolute atomic E-state index is 0.0991. The molecule has 0 bridgehead atoms. The number of ether oxygens (including phenoxy) is 1. The zero-order chi connectivity index (χ0) is 14.5. The van der Waals surface area contributed by atoms with Gasteiger partial charge in [-0.15, -0.1) is 0 Å². The highest BCUT2D eigenvalue weighted by Crippen LogP contribution is 2.25. The summed E-state index contributed by atoms with van der Waals surface area (Å²) in [6, 6.07) is 0. The summed E-state index contributed by atoms with van der Waals surface area (Å²) in [5.41, 5.74) is 0.806. The average Bonchev–Trinajstić information content (AvgIpc) is 2.36. The lowest BCUT2D eigenvalue weighted by molar-refractivity contribution is -0.0390. The fourth-order valence-electron chi connectivity index (χ4n) is 1.73. The smallest absolute Gasteiger partial charge is 0.159 e. The highest BCUT2D eigenvalue weighted by Gasteiger charge is 2.27. The van der Waals surface area contributed by atoms with Crippen LogP contribution in [0, 0.1) is 0 Å². The lowest BCUT2D eigenvalue weighted by atomic mass is 10.0. The molecule has 0 aliphatic carbocycles. The normalized spacial score (nSPS) is 15.3. The highest BCUT2D eigenvalue weighted by atomic mass is 16.5. The Bertz CT molecular complexity index is 383. The van der Waals surface area contributed by atoms with Gasteiger partial charge in [0.15, 0.2) is 5.82 Å². The van der Waals surface area contributed by atoms with E-state index in [1.165, 1.54) is 0 Å². The molecule has 0 spiro atoms. The summed E-state index contributed by atoms with van der Waals surface area (Å²) in [6.07, 6.45) is 4.63. The maximum absolute atomic E-state index is 5.78. The van der Waals surface area contributed by atoms with Gasteiger partial charge in [-0.3, -0.25) is 0 Å². The second-order valence-corrected chi connectivity index (χ2v) is 6.04. The van der Waals surface area contributed by atoms with Gasteiger partial charge in [-0.25, -0.2) is 9.97 Å². The van der Waals surface area contributed by atoms with Crippen molar-refractivity contribution < 1.29 is 4.74 Å². The molecule has 0 aliphatic heterocycles. The van der Waals surface area contributed by atoms with Crippen molar-refractivity contribution in [1.82, 2.24) is 15.3 Å². The van der Waals surface area contributed by atoms with Gasteiger partial charge in [-0.05, 0) is 41.0 Å². The Hall–Kier alpha value is -1.00. The average molecular weight is 265 g/mol. The van der Waals surface area contributed by atoms with E-state index >= 15 is 0 Å². The third-order valence-corrected chi connectivity index (χ3v) is 3.14. The molecule has 1 aromatic heterocycles.